The molecule has 0 bridgehead atoms. The first-order chi connectivity index (χ1) is 15.9. The van der Waals surface area contributed by atoms with Gasteiger partial charge in [-0.3, -0.25) is 4.79 Å². The number of hydrogen-bond acceptors (Lipinski definition) is 7. The minimum absolute atomic E-state index is 0.114. The van der Waals surface area contributed by atoms with Gasteiger partial charge in [0.25, 0.3) is 5.91 Å². The summed E-state index contributed by atoms with van der Waals surface area (Å²) >= 11 is 5.83. The van der Waals surface area contributed by atoms with E-state index in [-0.39, 0.29) is 17.7 Å². The van der Waals surface area contributed by atoms with Crippen LogP contribution in [0.5, 0.6) is 11.5 Å². The van der Waals surface area contributed by atoms with E-state index in [0.29, 0.717) is 59.2 Å². The molecule has 1 aromatic heterocycles. The number of benzene rings is 2. The molecule has 1 aliphatic rings. The van der Waals surface area contributed by atoms with Crippen LogP contribution in [0.25, 0.3) is 10.9 Å². The molecule has 8 nitrogen and oxygen atoms in total. The quantitative estimate of drug-likeness (QED) is 0.558. The average molecular weight is 475 g/mol. The molecule has 1 amide bonds. The number of carbonyl (C=O) groups excluding carboxylic acids is 1. The molecule has 0 radical (unpaired) electrons. The van der Waals surface area contributed by atoms with Crippen LogP contribution in [0.15, 0.2) is 36.7 Å². The van der Waals surface area contributed by atoms with Crippen LogP contribution in [0.4, 0.5) is 15.9 Å². The molecular weight excluding hydrogens is 451 g/mol. The molecule has 2 heterocycles. The number of halogens is 2. The van der Waals surface area contributed by atoms with Gasteiger partial charge in [0.15, 0.2) is 11.5 Å². The number of aliphatic hydroxyl groups is 1. The van der Waals surface area contributed by atoms with Gasteiger partial charge in [0, 0.05) is 42.4 Å². The van der Waals surface area contributed by atoms with Crippen molar-refractivity contribution in [3.63, 3.8) is 0 Å². The third-order valence-corrected chi connectivity index (χ3v) is 5.74. The number of piperidine rings is 1. The van der Waals surface area contributed by atoms with Crippen molar-refractivity contribution in [2.24, 2.45) is 0 Å². The number of ether oxygens (including phenoxy) is 2. The molecule has 3 aromatic rings. The Kier molecular flexibility index (Phi) is 6.80. The van der Waals surface area contributed by atoms with E-state index in [1.807, 2.05) is 0 Å². The SMILES string of the molecule is COc1cc2c(Nc3ccc(Cl)cc3F)ncnc2cc1OC1CCN(C(=O)[C@H](C)O)CC1. The lowest BCUT2D eigenvalue weighted by molar-refractivity contribution is -0.141. The average Bonchev–Trinajstić information content (AvgIpc) is 2.80. The van der Waals surface area contributed by atoms with E-state index in [4.69, 9.17) is 21.1 Å². The number of carbonyl (C=O) groups is 1. The van der Waals surface area contributed by atoms with E-state index in [2.05, 4.69) is 15.3 Å². The molecule has 0 unspecified atom stereocenters. The van der Waals surface area contributed by atoms with Crippen molar-refractivity contribution in [1.29, 1.82) is 0 Å². The summed E-state index contributed by atoms with van der Waals surface area (Å²) in [5, 5.41) is 13.4. The van der Waals surface area contributed by atoms with Gasteiger partial charge >= 0.3 is 0 Å². The first-order valence-corrected chi connectivity index (χ1v) is 10.9. The molecule has 2 aromatic carbocycles. The van der Waals surface area contributed by atoms with Gasteiger partial charge in [-0.2, -0.15) is 0 Å². The van der Waals surface area contributed by atoms with Crippen LogP contribution >= 0.6 is 11.6 Å². The zero-order valence-electron chi connectivity index (χ0n) is 18.2. The Morgan fingerprint density at radius 3 is 2.67 bits per heavy atom. The minimum atomic E-state index is -1.01. The number of aromatic nitrogens is 2. The molecule has 0 spiro atoms. The lowest BCUT2D eigenvalue weighted by Gasteiger charge is -2.33. The van der Waals surface area contributed by atoms with Crippen LogP contribution in [-0.2, 0) is 4.79 Å². The summed E-state index contributed by atoms with van der Waals surface area (Å²) in [7, 11) is 1.54. The number of amides is 1. The standard InChI is InChI=1S/C23H24ClFN4O4/c1-13(30)23(31)29-7-5-15(6-8-29)33-21-11-19-16(10-20(21)32-2)22(27-12-26-19)28-18-4-3-14(24)9-17(18)25/h3-4,9-13,15,30H,5-8H2,1-2H3,(H,26,27,28)/t13-/m0/s1. The first-order valence-electron chi connectivity index (χ1n) is 10.5. The lowest BCUT2D eigenvalue weighted by Crippen LogP contribution is -2.45. The molecular formula is C23H24ClFN4O4. The van der Waals surface area contributed by atoms with Gasteiger partial charge in [-0.1, -0.05) is 11.6 Å². The van der Waals surface area contributed by atoms with E-state index in [1.165, 1.54) is 32.5 Å². The number of likely N-dealkylation sites (tertiary alicyclic amines) is 1. The third-order valence-electron chi connectivity index (χ3n) is 5.51. The first kappa shape index (κ1) is 23.0. The van der Waals surface area contributed by atoms with Crippen molar-refractivity contribution in [3.05, 3.63) is 47.5 Å². The zero-order chi connectivity index (χ0) is 23.5. The third kappa shape index (κ3) is 5.09. The maximum atomic E-state index is 14.3. The summed E-state index contributed by atoms with van der Waals surface area (Å²) < 4.78 is 26.0. The molecule has 2 N–H and O–H groups in total. The summed E-state index contributed by atoms with van der Waals surface area (Å²) in [6, 6.07) is 7.84. The van der Waals surface area contributed by atoms with E-state index < -0.39 is 11.9 Å². The summed E-state index contributed by atoms with van der Waals surface area (Å²) in [6.07, 6.45) is 1.52. The molecule has 1 aliphatic heterocycles. The molecule has 1 atom stereocenters. The Morgan fingerprint density at radius 2 is 2.00 bits per heavy atom. The summed E-state index contributed by atoms with van der Waals surface area (Å²) in [5.41, 5.74) is 0.830. The predicted octanol–water partition coefficient (Wildman–Crippen LogP) is 3.93. The summed E-state index contributed by atoms with van der Waals surface area (Å²) in [5.74, 6) is 0.648. The minimum Gasteiger partial charge on any atom is -0.493 e. The highest BCUT2D eigenvalue weighted by Crippen LogP contribution is 2.36. The Labute approximate surface area is 195 Å². The van der Waals surface area contributed by atoms with E-state index >= 15 is 0 Å². The normalized spacial score (nSPS) is 15.4. The molecule has 33 heavy (non-hydrogen) atoms. The van der Waals surface area contributed by atoms with Crippen LogP contribution in [0.3, 0.4) is 0 Å². The van der Waals surface area contributed by atoms with Crippen molar-refractivity contribution in [2.75, 3.05) is 25.5 Å². The van der Waals surface area contributed by atoms with Gasteiger partial charge in [0.05, 0.1) is 18.3 Å². The van der Waals surface area contributed by atoms with E-state index in [1.54, 1.807) is 23.1 Å². The zero-order valence-corrected chi connectivity index (χ0v) is 19.0. The van der Waals surface area contributed by atoms with E-state index in [9.17, 15) is 14.3 Å². The summed E-state index contributed by atoms with van der Waals surface area (Å²) in [6.45, 7) is 2.48. The van der Waals surface area contributed by atoms with Crippen molar-refractivity contribution >= 4 is 39.9 Å². The molecule has 4 rings (SSSR count). The van der Waals surface area contributed by atoms with Gasteiger partial charge in [0.2, 0.25) is 0 Å². The molecule has 174 valence electrons. The Balaban J connectivity index is 1.55. The number of anilines is 2. The van der Waals surface area contributed by atoms with Crippen molar-refractivity contribution < 1.29 is 23.8 Å². The number of fused-ring (bicyclic) bond motifs is 1. The fourth-order valence-corrected chi connectivity index (χ4v) is 3.93. The molecule has 1 saturated heterocycles. The topological polar surface area (TPSA) is 96.8 Å². The maximum absolute atomic E-state index is 14.3. The van der Waals surface area contributed by atoms with Gasteiger partial charge in [-0.05, 0) is 31.2 Å². The number of nitrogens with zero attached hydrogens (tertiary/aromatic N) is 3. The van der Waals surface area contributed by atoms with Gasteiger partial charge < -0.3 is 24.8 Å². The molecule has 0 saturated carbocycles. The van der Waals surface area contributed by atoms with Crippen LogP contribution in [-0.4, -0.2) is 58.3 Å². The Bertz CT molecular complexity index is 1170. The monoisotopic (exact) mass is 474 g/mol. The Hall–Kier alpha value is -3.17. The maximum Gasteiger partial charge on any atom is 0.251 e. The second kappa shape index (κ2) is 9.76. The second-order valence-electron chi connectivity index (χ2n) is 7.81. The smallest absolute Gasteiger partial charge is 0.251 e. The van der Waals surface area contributed by atoms with Crippen LogP contribution in [0, 0.1) is 5.82 Å². The van der Waals surface area contributed by atoms with Crippen molar-refractivity contribution in [2.45, 2.75) is 32.0 Å². The number of methoxy groups -OCH3 is 1. The number of nitrogens with one attached hydrogen (secondary N) is 1. The fraction of sp³-hybridized carbons (Fsp3) is 0.348. The Morgan fingerprint density at radius 1 is 1.24 bits per heavy atom. The second-order valence-corrected chi connectivity index (χ2v) is 8.25. The summed E-state index contributed by atoms with van der Waals surface area (Å²) in [4.78, 5) is 22.2. The highest BCUT2D eigenvalue weighted by molar-refractivity contribution is 6.30. The van der Waals surface area contributed by atoms with Crippen molar-refractivity contribution in [1.82, 2.24) is 14.9 Å². The largest absolute Gasteiger partial charge is 0.493 e. The van der Waals surface area contributed by atoms with Crippen LogP contribution in [0.2, 0.25) is 5.02 Å². The molecule has 0 aliphatic carbocycles. The highest BCUT2D eigenvalue weighted by Gasteiger charge is 2.27. The number of rotatable bonds is 6. The lowest BCUT2D eigenvalue weighted by atomic mass is 10.1. The van der Waals surface area contributed by atoms with Gasteiger partial charge in [-0.15, -0.1) is 0 Å². The van der Waals surface area contributed by atoms with Gasteiger partial charge in [0.1, 0.15) is 30.2 Å². The number of aliphatic hydroxyl groups excluding tert-OH is 1. The van der Waals surface area contributed by atoms with E-state index in [0.717, 1.165) is 0 Å². The molecule has 1 fully saturated rings. The van der Waals surface area contributed by atoms with Crippen molar-refractivity contribution in [3.8, 4) is 11.5 Å². The molecule has 10 heteroatoms. The van der Waals surface area contributed by atoms with Gasteiger partial charge in [-0.25, -0.2) is 14.4 Å². The highest BCUT2D eigenvalue weighted by atomic mass is 35.5. The number of hydrogen-bond donors (Lipinski definition) is 2. The van der Waals surface area contributed by atoms with Crippen LogP contribution < -0.4 is 14.8 Å². The predicted molar refractivity (Wildman–Crippen MR) is 123 cm³/mol. The van der Waals surface area contributed by atoms with Crippen LogP contribution in [0.1, 0.15) is 19.8 Å². The fourth-order valence-electron chi connectivity index (χ4n) is 3.77.